The molecule has 0 atom stereocenters. The van der Waals surface area contributed by atoms with Crippen molar-refractivity contribution in [3.05, 3.63) is 33.4 Å². The summed E-state index contributed by atoms with van der Waals surface area (Å²) in [4.78, 5) is 10.0. The Balaban J connectivity index is 3.27. The van der Waals surface area contributed by atoms with Crippen LogP contribution in [-0.2, 0) is 10.0 Å². The van der Waals surface area contributed by atoms with Gasteiger partial charge in [-0.2, -0.15) is 0 Å². The zero-order valence-electron chi connectivity index (χ0n) is 11.8. The molecule has 20 heavy (non-hydrogen) atoms. The van der Waals surface area contributed by atoms with Crippen LogP contribution in [0.1, 0.15) is 25.0 Å². The normalized spacial score (nSPS) is 12.4. The lowest BCUT2D eigenvalue weighted by molar-refractivity contribution is -0.385. The van der Waals surface area contributed by atoms with Gasteiger partial charge in [-0.15, -0.1) is 0 Å². The van der Waals surface area contributed by atoms with Gasteiger partial charge in [-0.25, -0.2) is 13.1 Å². The van der Waals surface area contributed by atoms with Crippen LogP contribution in [-0.4, -0.2) is 30.6 Å². The van der Waals surface area contributed by atoms with Crippen molar-refractivity contribution in [2.45, 2.75) is 38.2 Å². The largest absolute Gasteiger partial charge is 0.389 e. The monoisotopic (exact) mass is 302 g/mol. The fourth-order valence-electron chi connectivity index (χ4n) is 1.54. The molecule has 112 valence electrons. The number of nitro benzene ring substituents is 1. The van der Waals surface area contributed by atoms with Gasteiger partial charge >= 0.3 is 0 Å². The highest BCUT2D eigenvalue weighted by Gasteiger charge is 2.24. The molecule has 0 aliphatic rings. The third kappa shape index (κ3) is 3.99. The second-order valence-electron chi connectivity index (χ2n) is 5.28. The summed E-state index contributed by atoms with van der Waals surface area (Å²) >= 11 is 0. The highest BCUT2D eigenvalue weighted by Crippen LogP contribution is 2.25. The van der Waals surface area contributed by atoms with Crippen LogP contribution in [0.25, 0.3) is 0 Å². The molecule has 0 aromatic heterocycles. The van der Waals surface area contributed by atoms with Crippen LogP contribution in [0.4, 0.5) is 5.69 Å². The van der Waals surface area contributed by atoms with E-state index in [-0.39, 0.29) is 17.1 Å². The number of hydrogen-bond donors (Lipinski definition) is 2. The number of nitro groups is 1. The highest BCUT2D eigenvalue weighted by atomic mass is 32.2. The summed E-state index contributed by atoms with van der Waals surface area (Å²) in [6, 6.07) is 2.35. The molecule has 1 aromatic carbocycles. The van der Waals surface area contributed by atoms with Crippen molar-refractivity contribution < 1.29 is 18.4 Å². The Hall–Kier alpha value is -1.51. The SMILES string of the molecule is Cc1cc([N+](=O)[O-])cc(S(=O)(=O)NCC(C)(C)O)c1C. The molecule has 0 aliphatic heterocycles. The topological polar surface area (TPSA) is 110 Å². The number of benzene rings is 1. The van der Waals surface area contributed by atoms with E-state index < -0.39 is 20.5 Å². The van der Waals surface area contributed by atoms with Gasteiger partial charge in [0.05, 0.1) is 15.4 Å². The van der Waals surface area contributed by atoms with Crippen LogP contribution in [0.5, 0.6) is 0 Å². The first-order valence-corrected chi connectivity index (χ1v) is 7.40. The molecule has 0 amide bonds. The number of aryl methyl sites for hydroxylation is 1. The Labute approximate surface area is 117 Å². The summed E-state index contributed by atoms with van der Waals surface area (Å²) in [5, 5.41) is 20.4. The third-order valence-corrected chi connectivity index (χ3v) is 4.33. The molecule has 7 nitrogen and oxygen atoms in total. The Morgan fingerprint density at radius 2 is 1.90 bits per heavy atom. The maximum atomic E-state index is 12.2. The molecule has 8 heteroatoms. The Kier molecular flexibility index (Phi) is 4.52. The summed E-state index contributed by atoms with van der Waals surface area (Å²) in [7, 11) is -3.92. The second kappa shape index (κ2) is 5.47. The smallest absolute Gasteiger partial charge is 0.271 e. The first-order valence-electron chi connectivity index (χ1n) is 5.92. The van der Waals surface area contributed by atoms with Crippen LogP contribution < -0.4 is 4.72 Å². The van der Waals surface area contributed by atoms with E-state index in [0.717, 1.165) is 6.07 Å². The predicted molar refractivity (Wildman–Crippen MR) is 74.1 cm³/mol. The summed E-state index contributed by atoms with van der Waals surface area (Å²) in [6.07, 6.45) is 0. The first kappa shape index (κ1) is 16.5. The number of nitrogens with zero attached hydrogens (tertiary/aromatic N) is 1. The lowest BCUT2D eigenvalue weighted by atomic mass is 10.1. The van der Waals surface area contributed by atoms with E-state index in [4.69, 9.17) is 0 Å². The van der Waals surface area contributed by atoms with Crippen LogP contribution in [0.3, 0.4) is 0 Å². The van der Waals surface area contributed by atoms with E-state index in [2.05, 4.69) is 4.72 Å². The van der Waals surface area contributed by atoms with E-state index in [1.54, 1.807) is 13.8 Å². The maximum absolute atomic E-state index is 12.2. The van der Waals surface area contributed by atoms with Gasteiger partial charge in [0.1, 0.15) is 0 Å². The van der Waals surface area contributed by atoms with Gasteiger partial charge < -0.3 is 5.11 Å². The van der Waals surface area contributed by atoms with Crippen molar-refractivity contribution in [2.24, 2.45) is 0 Å². The average molecular weight is 302 g/mol. The second-order valence-corrected chi connectivity index (χ2v) is 7.02. The van der Waals surface area contributed by atoms with E-state index in [0.29, 0.717) is 11.1 Å². The van der Waals surface area contributed by atoms with E-state index in [9.17, 15) is 23.6 Å². The van der Waals surface area contributed by atoms with Crippen LogP contribution in [0.2, 0.25) is 0 Å². The maximum Gasteiger partial charge on any atom is 0.271 e. The number of hydrogen-bond acceptors (Lipinski definition) is 5. The molecule has 0 spiro atoms. The molecule has 0 saturated heterocycles. The molecule has 0 aliphatic carbocycles. The van der Waals surface area contributed by atoms with Gasteiger partial charge in [-0.05, 0) is 38.8 Å². The molecule has 0 saturated carbocycles. The van der Waals surface area contributed by atoms with Gasteiger partial charge in [0.2, 0.25) is 10.0 Å². The first-order chi connectivity index (χ1) is 8.94. The van der Waals surface area contributed by atoms with Crippen molar-refractivity contribution in [1.82, 2.24) is 4.72 Å². The number of rotatable bonds is 5. The van der Waals surface area contributed by atoms with Crippen molar-refractivity contribution in [3.8, 4) is 0 Å². The zero-order chi connectivity index (χ0) is 15.7. The minimum absolute atomic E-state index is 0.145. The van der Waals surface area contributed by atoms with Gasteiger partial charge in [0.15, 0.2) is 0 Å². The molecule has 0 radical (unpaired) electrons. The summed E-state index contributed by atoms with van der Waals surface area (Å²) < 4.78 is 26.6. The van der Waals surface area contributed by atoms with Crippen molar-refractivity contribution >= 4 is 15.7 Å². The standard InChI is InChI=1S/C12H18N2O5S/c1-8-5-10(14(16)17)6-11(9(8)2)20(18,19)13-7-12(3,4)15/h5-6,13,15H,7H2,1-4H3. The van der Waals surface area contributed by atoms with Gasteiger partial charge in [0, 0.05) is 18.7 Å². The lowest BCUT2D eigenvalue weighted by Crippen LogP contribution is -2.38. The van der Waals surface area contributed by atoms with Gasteiger partial charge in [-0.1, -0.05) is 0 Å². The van der Waals surface area contributed by atoms with Crippen LogP contribution in [0.15, 0.2) is 17.0 Å². The summed E-state index contributed by atoms with van der Waals surface area (Å²) in [5.74, 6) is 0. The van der Waals surface area contributed by atoms with E-state index >= 15 is 0 Å². The predicted octanol–water partition coefficient (Wildman–Crippen LogP) is 1.26. The zero-order valence-corrected chi connectivity index (χ0v) is 12.6. The van der Waals surface area contributed by atoms with Crippen LogP contribution in [0, 0.1) is 24.0 Å². The summed E-state index contributed by atoms with van der Waals surface area (Å²) in [5.41, 5.74) is -0.532. The van der Waals surface area contributed by atoms with Crippen molar-refractivity contribution in [2.75, 3.05) is 6.54 Å². The molecule has 0 heterocycles. The van der Waals surface area contributed by atoms with Crippen molar-refractivity contribution in [1.29, 1.82) is 0 Å². The minimum Gasteiger partial charge on any atom is -0.389 e. The molecule has 2 N–H and O–H groups in total. The van der Waals surface area contributed by atoms with E-state index in [1.807, 2.05) is 0 Å². The molecule has 0 unspecified atom stereocenters. The Morgan fingerprint density at radius 1 is 1.35 bits per heavy atom. The lowest BCUT2D eigenvalue weighted by Gasteiger charge is -2.18. The highest BCUT2D eigenvalue weighted by molar-refractivity contribution is 7.89. The van der Waals surface area contributed by atoms with Gasteiger partial charge in [-0.3, -0.25) is 10.1 Å². The number of non-ortho nitro benzene ring substituents is 1. The minimum atomic E-state index is -3.92. The fourth-order valence-corrected chi connectivity index (χ4v) is 3.08. The molecule has 1 aromatic rings. The molecular formula is C12H18N2O5S. The van der Waals surface area contributed by atoms with Crippen LogP contribution >= 0.6 is 0 Å². The van der Waals surface area contributed by atoms with Gasteiger partial charge in [0.25, 0.3) is 5.69 Å². The fraction of sp³-hybridized carbons (Fsp3) is 0.500. The average Bonchev–Trinajstić information content (AvgIpc) is 2.28. The number of nitrogens with one attached hydrogen (secondary N) is 1. The summed E-state index contributed by atoms with van der Waals surface area (Å²) in [6.45, 7) is 5.92. The molecule has 0 bridgehead atoms. The molecular weight excluding hydrogens is 284 g/mol. The quantitative estimate of drug-likeness (QED) is 0.628. The Bertz CT molecular complexity index is 632. The third-order valence-electron chi connectivity index (χ3n) is 2.80. The number of aliphatic hydroxyl groups is 1. The number of sulfonamides is 1. The Morgan fingerprint density at radius 3 is 2.35 bits per heavy atom. The molecule has 1 rings (SSSR count). The van der Waals surface area contributed by atoms with Crippen molar-refractivity contribution in [3.63, 3.8) is 0 Å². The van der Waals surface area contributed by atoms with E-state index in [1.165, 1.54) is 19.9 Å². The molecule has 0 fully saturated rings.